The predicted molar refractivity (Wildman–Crippen MR) is 63.3 cm³/mol. The van der Waals surface area contributed by atoms with Gasteiger partial charge >= 0.3 is 5.97 Å². The second-order valence-electron chi connectivity index (χ2n) is 3.47. The van der Waals surface area contributed by atoms with Crippen molar-refractivity contribution in [2.75, 3.05) is 19.0 Å². The first kappa shape index (κ1) is 12.6. The zero-order valence-electron chi connectivity index (χ0n) is 9.16. The quantitative estimate of drug-likeness (QED) is 0.834. The van der Waals surface area contributed by atoms with Gasteiger partial charge < -0.3 is 15.2 Å². The van der Waals surface area contributed by atoms with E-state index in [0.717, 1.165) is 0 Å². The van der Waals surface area contributed by atoms with Crippen molar-refractivity contribution < 1.29 is 14.6 Å². The number of hydrogen-bond acceptors (Lipinski definition) is 3. The molecule has 0 fully saturated rings. The molecule has 0 bridgehead atoms. The lowest BCUT2D eigenvalue weighted by Gasteiger charge is -2.12. The first-order chi connectivity index (χ1) is 7.54. The summed E-state index contributed by atoms with van der Waals surface area (Å²) in [6, 6.07) is 5.18. The van der Waals surface area contributed by atoms with Gasteiger partial charge in [0.1, 0.15) is 5.75 Å². The summed E-state index contributed by atoms with van der Waals surface area (Å²) in [5, 5.41) is 12.2. The van der Waals surface area contributed by atoms with Crippen LogP contribution in [0.15, 0.2) is 18.2 Å². The van der Waals surface area contributed by atoms with E-state index in [1.807, 2.05) is 0 Å². The number of ether oxygens (including phenoxy) is 1. The molecule has 0 aliphatic carbocycles. The fourth-order valence-corrected chi connectivity index (χ4v) is 1.30. The molecule has 1 rings (SSSR count). The van der Waals surface area contributed by atoms with Gasteiger partial charge in [0.05, 0.1) is 23.7 Å². The average Bonchev–Trinajstić information content (AvgIpc) is 2.27. The van der Waals surface area contributed by atoms with Gasteiger partial charge in [-0.25, -0.2) is 0 Å². The molecule has 0 heterocycles. The largest absolute Gasteiger partial charge is 0.497 e. The van der Waals surface area contributed by atoms with Crippen LogP contribution < -0.4 is 10.1 Å². The maximum atomic E-state index is 10.6. The molecule has 88 valence electrons. The van der Waals surface area contributed by atoms with Crippen molar-refractivity contribution in [3.05, 3.63) is 23.2 Å². The van der Waals surface area contributed by atoms with Gasteiger partial charge in [-0.1, -0.05) is 18.5 Å². The Morgan fingerprint density at radius 3 is 2.88 bits per heavy atom. The number of aliphatic carboxylic acids is 1. The van der Waals surface area contributed by atoms with Gasteiger partial charge in [0, 0.05) is 12.6 Å². The molecule has 0 saturated heterocycles. The minimum absolute atomic E-state index is 0.322. The van der Waals surface area contributed by atoms with E-state index in [-0.39, 0.29) is 0 Å². The van der Waals surface area contributed by atoms with E-state index >= 15 is 0 Å². The number of carboxylic acid groups (broad SMARTS) is 1. The molecule has 5 heteroatoms. The Kier molecular flexibility index (Phi) is 4.43. The number of carboxylic acids is 1. The third-order valence-electron chi connectivity index (χ3n) is 2.19. The fraction of sp³-hybridized carbons (Fsp3) is 0.364. The zero-order valence-corrected chi connectivity index (χ0v) is 9.91. The van der Waals surface area contributed by atoms with Gasteiger partial charge in [-0.15, -0.1) is 0 Å². The topological polar surface area (TPSA) is 58.6 Å². The van der Waals surface area contributed by atoms with Crippen molar-refractivity contribution in [2.24, 2.45) is 5.92 Å². The molecule has 0 aliphatic heterocycles. The third-order valence-corrected chi connectivity index (χ3v) is 2.52. The van der Waals surface area contributed by atoms with Crippen molar-refractivity contribution in [3.63, 3.8) is 0 Å². The molecule has 1 aromatic carbocycles. The third kappa shape index (κ3) is 3.31. The summed E-state index contributed by atoms with van der Waals surface area (Å²) in [5.41, 5.74) is 0.675. The Hall–Kier alpha value is -1.42. The van der Waals surface area contributed by atoms with E-state index in [1.165, 1.54) is 0 Å². The van der Waals surface area contributed by atoms with Crippen LogP contribution in [0.4, 0.5) is 5.69 Å². The van der Waals surface area contributed by atoms with E-state index in [9.17, 15) is 4.79 Å². The van der Waals surface area contributed by atoms with E-state index in [4.69, 9.17) is 21.4 Å². The summed E-state index contributed by atoms with van der Waals surface area (Å²) in [6.07, 6.45) is 0. The van der Waals surface area contributed by atoms with Crippen LogP contribution in [0.5, 0.6) is 5.75 Å². The van der Waals surface area contributed by atoms with Gasteiger partial charge in [-0.05, 0) is 12.1 Å². The second-order valence-corrected chi connectivity index (χ2v) is 3.87. The zero-order chi connectivity index (χ0) is 12.1. The van der Waals surface area contributed by atoms with Crippen LogP contribution in [0.25, 0.3) is 0 Å². The standard InChI is InChI=1S/C11H14ClNO3/c1-7(11(14)15)6-13-10-5-8(16-2)3-4-9(10)12/h3-5,7,13H,6H2,1-2H3,(H,14,15). The molecular weight excluding hydrogens is 230 g/mol. The Bertz CT molecular complexity index is 381. The average molecular weight is 244 g/mol. The highest BCUT2D eigenvalue weighted by Crippen LogP contribution is 2.26. The number of rotatable bonds is 5. The summed E-state index contributed by atoms with van der Waals surface area (Å²) >= 11 is 5.95. The Balaban J connectivity index is 2.69. The summed E-state index contributed by atoms with van der Waals surface area (Å²) in [4.78, 5) is 10.6. The van der Waals surface area contributed by atoms with E-state index in [2.05, 4.69) is 5.32 Å². The number of carbonyl (C=O) groups is 1. The van der Waals surface area contributed by atoms with Crippen molar-refractivity contribution in [2.45, 2.75) is 6.92 Å². The van der Waals surface area contributed by atoms with Gasteiger partial charge in [-0.3, -0.25) is 4.79 Å². The second kappa shape index (κ2) is 5.61. The molecule has 1 atom stereocenters. The Morgan fingerprint density at radius 2 is 2.31 bits per heavy atom. The SMILES string of the molecule is COc1ccc(Cl)c(NCC(C)C(=O)O)c1. The first-order valence-electron chi connectivity index (χ1n) is 4.84. The molecule has 0 aliphatic rings. The maximum Gasteiger partial charge on any atom is 0.308 e. The van der Waals surface area contributed by atoms with Crippen molar-refractivity contribution >= 4 is 23.3 Å². The summed E-state index contributed by atoms with van der Waals surface area (Å²) < 4.78 is 5.05. The lowest BCUT2D eigenvalue weighted by molar-refractivity contribution is -0.140. The number of methoxy groups -OCH3 is 1. The van der Waals surface area contributed by atoms with Gasteiger partial charge in [0.15, 0.2) is 0 Å². The molecule has 2 N–H and O–H groups in total. The van der Waals surface area contributed by atoms with Crippen LogP contribution >= 0.6 is 11.6 Å². The summed E-state index contributed by atoms with van der Waals surface area (Å²) in [6.45, 7) is 1.95. The van der Waals surface area contributed by atoms with Crippen molar-refractivity contribution in [3.8, 4) is 5.75 Å². The molecular formula is C11H14ClNO3. The lowest BCUT2D eigenvalue weighted by Crippen LogP contribution is -2.19. The molecule has 0 amide bonds. The highest BCUT2D eigenvalue weighted by molar-refractivity contribution is 6.33. The number of anilines is 1. The highest BCUT2D eigenvalue weighted by atomic mass is 35.5. The van der Waals surface area contributed by atoms with Gasteiger partial charge in [0.2, 0.25) is 0 Å². The molecule has 4 nitrogen and oxygen atoms in total. The Morgan fingerprint density at radius 1 is 1.62 bits per heavy atom. The fourth-order valence-electron chi connectivity index (χ4n) is 1.12. The number of halogens is 1. The molecule has 0 saturated carbocycles. The highest BCUT2D eigenvalue weighted by Gasteiger charge is 2.11. The van der Waals surface area contributed by atoms with Crippen molar-refractivity contribution in [1.82, 2.24) is 0 Å². The van der Waals surface area contributed by atoms with Crippen LogP contribution in [0.1, 0.15) is 6.92 Å². The minimum atomic E-state index is -0.841. The first-order valence-corrected chi connectivity index (χ1v) is 5.22. The number of hydrogen-bond donors (Lipinski definition) is 2. The lowest BCUT2D eigenvalue weighted by atomic mass is 10.2. The van der Waals surface area contributed by atoms with Crippen LogP contribution in [0, 0.1) is 5.92 Å². The van der Waals surface area contributed by atoms with Crippen LogP contribution in [-0.4, -0.2) is 24.7 Å². The van der Waals surface area contributed by atoms with Crippen molar-refractivity contribution in [1.29, 1.82) is 0 Å². The smallest absolute Gasteiger partial charge is 0.308 e. The summed E-state index contributed by atoms with van der Waals surface area (Å²) in [7, 11) is 1.56. The van der Waals surface area contributed by atoms with E-state index in [1.54, 1.807) is 32.2 Å². The maximum absolute atomic E-state index is 10.6. The predicted octanol–water partition coefficient (Wildman–Crippen LogP) is 2.48. The summed E-state index contributed by atoms with van der Waals surface area (Å²) in [5.74, 6) is -0.635. The van der Waals surface area contributed by atoms with Crippen LogP contribution in [0.3, 0.4) is 0 Å². The van der Waals surface area contributed by atoms with Crippen LogP contribution in [-0.2, 0) is 4.79 Å². The monoisotopic (exact) mass is 243 g/mol. The van der Waals surface area contributed by atoms with E-state index < -0.39 is 11.9 Å². The van der Waals surface area contributed by atoms with Crippen LogP contribution in [0.2, 0.25) is 5.02 Å². The molecule has 0 spiro atoms. The Labute approximate surface area is 99.2 Å². The molecule has 0 aromatic heterocycles. The van der Waals surface area contributed by atoms with Gasteiger partial charge in [0.25, 0.3) is 0 Å². The number of nitrogens with one attached hydrogen (secondary N) is 1. The van der Waals surface area contributed by atoms with E-state index in [0.29, 0.717) is 23.0 Å². The minimum Gasteiger partial charge on any atom is -0.497 e. The molecule has 1 unspecified atom stereocenters. The molecule has 0 radical (unpaired) electrons. The number of benzene rings is 1. The molecule has 16 heavy (non-hydrogen) atoms. The normalized spacial score (nSPS) is 11.9. The molecule has 1 aromatic rings. The van der Waals surface area contributed by atoms with Gasteiger partial charge in [-0.2, -0.15) is 0 Å².